The zero-order chi connectivity index (χ0) is 19.4. The van der Waals surface area contributed by atoms with E-state index >= 15 is 0 Å². The molecule has 0 unspecified atom stereocenters. The van der Waals surface area contributed by atoms with Gasteiger partial charge in [0.25, 0.3) is 5.69 Å². The number of carbonyl (C=O) groups excluding carboxylic acids is 1. The van der Waals surface area contributed by atoms with Crippen molar-refractivity contribution in [3.05, 3.63) is 70.0 Å². The number of para-hydroxylation sites is 2. The molecular weight excluding hydrogens is 349 g/mol. The van der Waals surface area contributed by atoms with E-state index in [1.807, 2.05) is 11.8 Å². The number of anilines is 1. The SMILES string of the molecule is C[C@H](NC(=O)C1CCN(c2ccccc2[N+](=O)[O-])CC1)c1ccc(F)cc1. The summed E-state index contributed by atoms with van der Waals surface area (Å²) in [6, 6.07) is 12.6. The molecule has 2 aromatic carbocycles. The Balaban J connectivity index is 1.58. The number of nitro groups is 1. The van der Waals surface area contributed by atoms with Crippen LogP contribution in [0.15, 0.2) is 48.5 Å². The minimum atomic E-state index is -0.376. The Labute approximate surface area is 157 Å². The minimum Gasteiger partial charge on any atom is -0.366 e. The van der Waals surface area contributed by atoms with Crippen LogP contribution < -0.4 is 10.2 Å². The molecular formula is C20H22FN3O3. The summed E-state index contributed by atoms with van der Waals surface area (Å²) >= 11 is 0. The highest BCUT2D eigenvalue weighted by molar-refractivity contribution is 5.79. The first-order chi connectivity index (χ1) is 13.0. The molecule has 1 amide bonds. The van der Waals surface area contributed by atoms with Crippen molar-refractivity contribution in [1.29, 1.82) is 0 Å². The van der Waals surface area contributed by atoms with Gasteiger partial charge in [0, 0.05) is 25.1 Å². The van der Waals surface area contributed by atoms with Gasteiger partial charge in [-0.3, -0.25) is 14.9 Å². The molecule has 6 nitrogen and oxygen atoms in total. The van der Waals surface area contributed by atoms with Gasteiger partial charge in [0.2, 0.25) is 5.91 Å². The molecule has 3 rings (SSSR count). The normalized spacial score (nSPS) is 16.0. The van der Waals surface area contributed by atoms with E-state index in [-0.39, 0.29) is 34.3 Å². The highest BCUT2D eigenvalue weighted by Crippen LogP contribution is 2.31. The Morgan fingerprint density at radius 3 is 2.44 bits per heavy atom. The fourth-order valence-electron chi connectivity index (χ4n) is 3.43. The van der Waals surface area contributed by atoms with Crippen LogP contribution in [0.4, 0.5) is 15.8 Å². The van der Waals surface area contributed by atoms with E-state index in [9.17, 15) is 19.3 Å². The number of amides is 1. The van der Waals surface area contributed by atoms with Crippen LogP contribution >= 0.6 is 0 Å². The van der Waals surface area contributed by atoms with Gasteiger partial charge in [0.05, 0.1) is 11.0 Å². The topological polar surface area (TPSA) is 75.5 Å². The molecule has 1 saturated heterocycles. The van der Waals surface area contributed by atoms with Gasteiger partial charge >= 0.3 is 0 Å². The van der Waals surface area contributed by atoms with Crippen molar-refractivity contribution in [2.24, 2.45) is 5.92 Å². The van der Waals surface area contributed by atoms with Crippen LogP contribution in [0.1, 0.15) is 31.4 Å². The molecule has 1 N–H and O–H groups in total. The lowest BCUT2D eigenvalue weighted by Gasteiger charge is -2.33. The number of benzene rings is 2. The quantitative estimate of drug-likeness (QED) is 0.640. The number of nitrogens with zero attached hydrogens (tertiary/aromatic N) is 2. The lowest BCUT2D eigenvalue weighted by Crippen LogP contribution is -2.41. The summed E-state index contributed by atoms with van der Waals surface area (Å²) in [7, 11) is 0. The number of nitro benzene ring substituents is 1. The monoisotopic (exact) mass is 371 g/mol. The number of rotatable bonds is 5. The lowest BCUT2D eigenvalue weighted by atomic mass is 9.94. The Bertz CT molecular complexity index is 817. The maximum absolute atomic E-state index is 13.0. The van der Waals surface area contributed by atoms with Crippen LogP contribution in [0.3, 0.4) is 0 Å². The van der Waals surface area contributed by atoms with Crippen LogP contribution in [0.5, 0.6) is 0 Å². The number of carbonyl (C=O) groups is 1. The number of nitrogens with one attached hydrogen (secondary N) is 1. The van der Waals surface area contributed by atoms with Crippen molar-refractivity contribution in [3.63, 3.8) is 0 Å². The molecule has 2 aromatic rings. The van der Waals surface area contributed by atoms with Crippen molar-refractivity contribution >= 4 is 17.3 Å². The van der Waals surface area contributed by atoms with Crippen molar-refractivity contribution in [3.8, 4) is 0 Å². The summed E-state index contributed by atoms with van der Waals surface area (Å²) in [5, 5.41) is 14.2. The number of hydrogen-bond acceptors (Lipinski definition) is 4. The predicted octanol–water partition coefficient (Wildman–Crippen LogP) is 3.83. The molecule has 0 radical (unpaired) electrons. The van der Waals surface area contributed by atoms with Gasteiger partial charge in [-0.1, -0.05) is 24.3 Å². The molecule has 1 atom stereocenters. The maximum atomic E-state index is 13.0. The Kier molecular flexibility index (Phi) is 5.69. The highest BCUT2D eigenvalue weighted by Gasteiger charge is 2.28. The van der Waals surface area contributed by atoms with Gasteiger partial charge in [0.1, 0.15) is 11.5 Å². The first-order valence-corrected chi connectivity index (χ1v) is 9.00. The zero-order valence-corrected chi connectivity index (χ0v) is 15.1. The van der Waals surface area contributed by atoms with Gasteiger partial charge < -0.3 is 10.2 Å². The minimum absolute atomic E-state index is 0.0333. The van der Waals surface area contributed by atoms with Crippen LogP contribution in [0.25, 0.3) is 0 Å². The van der Waals surface area contributed by atoms with Gasteiger partial charge in [-0.2, -0.15) is 0 Å². The zero-order valence-electron chi connectivity index (χ0n) is 15.1. The molecule has 1 heterocycles. The van der Waals surface area contributed by atoms with Gasteiger partial charge in [-0.25, -0.2) is 4.39 Å². The number of halogens is 1. The fourth-order valence-corrected chi connectivity index (χ4v) is 3.43. The van der Waals surface area contributed by atoms with E-state index in [1.165, 1.54) is 18.2 Å². The molecule has 27 heavy (non-hydrogen) atoms. The standard InChI is InChI=1S/C20H22FN3O3/c1-14(15-6-8-17(21)9-7-15)22-20(25)16-10-12-23(13-11-16)18-4-2-3-5-19(18)24(26)27/h2-9,14,16H,10-13H2,1H3,(H,22,25)/t14-/m0/s1. The number of hydrogen-bond donors (Lipinski definition) is 1. The molecule has 7 heteroatoms. The van der Waals surface area contributed by atoms with Gasteiger partial charge in [-0.15, -0.1) is 0 Å². The predicted molar refractivity (Wildman–Crippen MR) is 101 cm³/mol. The van der Waals surface area contributed by atoms with E-state index in [4.69, 9.17) is 0 Å². The summed E-state index contributed by atoms with van der Waals surface area (Å²) in [5.74, 6) is -0.472. The van der Waals surface area contributed by atoms with E-state index in [2.05, 4.69) is 5.32 Å². The second-order valence-corrected chi connectivity index (χ2v) is 6.79. The van der Waals surface area contributed by atoms with Crippen LogP contribution in [-0.4, -0.2) is 23.9 Å². The smallest absolute Gasteiger partial charge is 0.292 e. The third kappa shape index (κ3) is 4.42. The molecule has 0 spiro atoms. The second-order valence-electron chi connectivity index (χ2n) is 6.79. The third-order valence-electron chi connectivity index (χ3n) is 5.01. The molecule has 142 valence electrons. The molecule has 1 aliphatic rings. The highest BCUT2D eigenvalue weighted by atomic mass is 19.1. The molecule has 1 fully saturated rings. The van der Waals surface area contributed by atoms with Crippen LogP contribution in [0.2, 0.25) is 0 Å². The second kappa shape index (κ2) is 8.16. The van der Waals surface area contributed by atoms with Crippen molar-refractivity contribution in [2.75, 3.05) is 18.0 Å². The maximum Gasteiger partial charge on any atom is 0.292 e. The average molecular weight is 371 g/mol. The molecule has 0 aromatic heterocycles. The van der Waals surface area contributed by atoms with Gasteiger partial charge in [-0.05, 0) is 43.5 Å². The summed E-state index contributed by atoms with van der Waals surface area (Å²) in [6.07, 6.45) is 1.27. The van der Waals surface area contributed by atoms with E-state index in [0.29, 0.717) is 31.6 Å². The summed E-state index contributed by atoms with van der Waals surface area (Å²) in [5.41, 5.74) is 1.54. The Morgan fingerprint density at radius 1 is 1.19 bits per heavy atom. The summed E-state index contributed by atoms with van der Waals surface area (Å²) in [4.78, 5) is 25.3. The van der Waals surface area contributed by atoms with E-state index in [1.54, 1.807) is 30.3 Å². The molecule has 1 aliphatic heterocycles. The van der Waals surface area contributed by atoms with Gasteiger partial charge in [0.15, 0.2) is 0 Å². The summed E-state index contributed by atoms with van der Waals surface area (Å²) < 4.78 is 13.0. The van der Waals surface area contributed by atoms with Crippen LogP contribution in [-0.2, 0) is 4.79 Å². The van der Waals surface area contributed by atoms with Crippen molar-refractivity contribution in [2.45, 2.75) is 25.8 Å². The fraction of sp³-hybridized carbons (Fsp3) is 0.350. The van der Waals surface area contributed by atoms with Crippen molar-refractivity contribution in [1.82, 2.24) is 5.32 Å². The molecule has 0 bridgehead atoms. The third-order valence-corrected chi connectivity index (χ3v) is 5.01. The Morgan fingerprint density at radius 2 is 1.81 bits per heavy atom. The molecule has 0 aliphatic carbocycles. The lowest BCUT2D eigenvalue weighted by molar-refractivity contribution is -0.384. The van der Waals surface area contributed by atoms with E-state index < -0.39 is 0 Å². The first kappa shape index (κ1) is 18.8. The number of piperidine rings is 1. The van der Waals surface area contributed by atoms with Crippen molar-refractivity contribution < 1.29 is 14.1 Å². The van der Waals surface area contributed by atoms with Crippen LogP contribution in [0, 0.1) is 21.8 Å². The van der Waals surface area contributed by atoms with E-state index in [0.717, 1.165) is 5.56 Å². The molecule has 0 saturated carbocycles. The summed E-state index contributed by atoms with van der Waals surface area (Å²) in [6.45, 7) is 3.05. The Hall–Kier alpha value is -2.96. The average Bonchev–Trinajstić information content (AvgIpc) is 2.68. The largest absolute Gasteiger partial charge is 0.366 e. The first-order valence-electron chi connectivity index (χ1n) is 9.00.